The molecule has 0 fully saturated rings. The summed E-state index contributed by atoms with van der Waals surface area (Å²) >= 11 is 1.38. The summed E-state index contributed by atoms with van der Waals surface area (Å²) in [7, 11) is 0. The van der Waals surface area contributed by atoms with Crippen molar-refractivity contribution in [3.05, 3.63) is 65.7 Å². The Balaban J connectivity index is 1.92. The summed E-state index contributed by atoms with van der Waals surface area (Å²) in [6, 6.07) is 17.9. The molecule has 2 aromatic rings. The number of hydrogen-bond acceptors (Lipinski definition) is 3. The van der Waals surface area contributed by atoms with E-state index in [4.69, 9.17) is 0 Å². The number of nitrogens with one attached hydrogen (secondary N) is 1. The number of carbonyl (C=O) groups excluding carboxylic acids is 2. The minimum absolute atomic E-state index is 0.0753. The van der Waals surface area contributed by atoms with Crippen molar-refractivity contribution in [1.82, 2.24) is 4.90 Å². The van der Waals surface area contributed by atoms with Gasteiger partial charge >= 0.3 is 0 Å². The largest absolute Gasteiger partial charge is 0.335 e. The van der Waals surface area contributed by atoms with Gasteiger partial charge in [0.05, 0.1) is 11.0 Å². The average molecular weight is 399 g/mol. The quantitative estimate of drug-likeness (QED) is 0.655. The summed E-state index contributed by atoms with van der Waals surface area (Å²) in [6.45, 7) is 8.64. The Morgan fingerprint density at radius 3 is 2.29 bits per heavy atom. The molecule has 0 aliphatic rings. The van der Waals surface area contributed by atoms with Gasteiger partial charge in [-0.15, -0.1) is 11.8 Å². The van der Waals surface area contributed by atoms with E-state index in [1.54, 1.807) is 0 Å². The van der Waals surface area contributed by atoms with Gasteiger partial charge in [0.15, 0.2) is 0 Å². The van der Waals surface area contributed by atoms with Gasteiger partial charge in [-0.3, -0.25) is 9.59 Å². The summed E-state index contributed by atoms with van der Waals surface area (Å²) in [4.78, 5) is 27.2. The van der Waals surface area contributed by atoms with Gasteiger partial charge in [-0.2, -0.15) is 0 Å². The van der Waals surface area contributed by atoms with Gasteiger partial charge < -0.3 is 10.2 Å². The van der Waals surface area contributed by atoms with Gasteiger partial charge in [-0.1, -0.05) is 55.0 Å². The Hall–Kier alpha value is -2.27. The molecule has 0 aliphatic heterocycles. The molecule has 0 unspecified atom stereocenters. The first-order chi connectivity index (χ1) is 13.4. The third kappa shape index (κ3) is 6.71. The molecule has 0 spiro atoms. The van der Waals surface area contributed by atoms with Crippen LogP contribution in [0.15, 0.2) is 54.6 Å². The maximum atomic E-state index is 13.0. The van der Waals surface area contributed by atoms with Gasteiger partial charge in [0, 0.05) is 18.3 Å². The molecule has 0 bridgehead atoms. The summed E-state index contributed by atoms with van der Waals surface area (Å²) in [5.41, 5.74) is 3.04. The number of aryl methyl sites for hydroxylation is 1. The molecule has 0 aromatic heterocycles. The van der Waals surface area contributed by atoms with Crippen LogP contribution in [0.5, 0.6) is 0 Å². The van der Waals surface area contributed by atoms with E-state index in [9.17, 15) is 9.59 Å². The Labute approximate surface area is 172 Å². The second kappa shape index (κ2) is 10.9. The van der Waals surface area contributed by atoms with Crippen molar-refractivity contribution in [2.24, 2.45) is 0 Å². The highest BCUT2D eigenvalue weighted by atomic mass is 32.2. The average Bonchev–Trinajstić information content (AvgIpc) is 2.71. The second-order valence-electron chi connectivity index (χ2n) is 7.08. The molecule has 5 heteroatoms. The zero-order chi connectivity index (χ0) is 20.5. The zero-order valence-corrected chi connectivity index (χ0v) is 18.0. The van der Waals surface area contributed by atoms with E-state index in [0.29, 0.717) is 6.54 Å². The summed E-state index contributed by atoms with van der Waals surface area (Å²) < 4.78 is 0. The van der Waals surface area contributed by atoms with E-state index in [0.717, 1.165) is 23.2 Å². The van der Waals surface area contributed by atoms with Crippen LogP contribution in [0.2, 0.25) is 0 Å². The van der Waals surface area contributed by atoms with Crippen LogP contribution < -0.4 is 5.32 Å². The topological polar surface area (TPSA) is 49.4 Å². The molecule has 0 saturated heterocycles. The molecule has 2 amide bonds. The van der Waals surface area contributed by atoms with Gasteiger partial charge in [-0.25, -0.2) is 0 Å². The number of nitrogens with zero attached hydrogens (tertiary/aromatic N) is 1. The third-order valence-corrected chi connectivity index (χ3v) is 5.88. The van der Waals surface area contributed by atoms with Crippen molar-refractivity contribution < 1.29 is 9.59 Å². The molecule has 1 N–H and O–H groups in total. The predicted octanol–water partition coefficient (Wildman–Crippen LogP) is 4.88. The van der Waals surface area contributed by atoms with E-state index < -0.39 is 0 Å². The summed E-state index contributed by atoms with van der Waals surface area (Å²) in [5, 5.41) is 2.61. The molecule has 4 nitrogen and oxygen atoms in total. The van der Waals surface area contributed by atoms with Crippen LogP contribution in [0.3, 0.4) is 0 Å². The van der Waals surface area contributed by atoms with Crippen LogP contribution in [0, 0.1) is 6.92 Å². The van der Waals surface area contributed by atoms with Crippen LogP contribution >= 0.6 is 11.8 Å². The van der Waals surface area contributed by atoms with Gasteiger partial charge in [-0.05, 0) is 44.9 Å². The lowest BCUT2D eigenvalue weighted by Crippen LogP contribution is -2.42. The number of thioether (sulfide) groups is 1. The molecular weight excluding hydrogens is 368 g/mol. The Kier molecular flexibility index (Phi) is 8.58. The van der Waals surface area contributed by atoms with Crippen LogP contribution in [0.1, 0.15) is 38.3 Å². The molecule has 2 atom stereocenters. The van der Waals surface area contributed by atoms with E-state index in [1.165, 1.54) is 11.8 Å². The number of carbonyl (C=O) groups is 2. The van der Waals surface area contributed by atoms with Crippen molar-refractivity contribution in [1.29, 1.82) is 0 Å². The number of anilines is 1. The van der Waals surface area contributed by atoms with Crippen LogP contribution in [-0.2, 0) is 16.1 Å². The highest BCUT2D eigenvalue weighted by Crippen LogP contribution is 2.19. The lowest BCUT2D eigenvalue weighted by atomic mass is 10.1. The van der Waals surface area contributed by atoms with E-state index >= 15 is 0 Å². The number of hydrogen-bond donors (Lipinski definition) is 1. The molecule has 2 aromatic carbocycles. The van der Waals surface area contributed by atoms with Gasteiger partial charge in [0.25, 0.3) is 0 Å². The molecule has 0 radical (unpaired) electrons. The SMILES string of the molecule is CC[C@H](C)N(Cc1ccccc1)C(=O)[C@H](C)SCC(=O)Nc1ccc(C)cc1. The lowest BCUT2D eigenvalue weighted by molar-refractivity contribution is -0.133. The summed E-state index contributed by atoms with van der Waals surface area (Å²) in [5.74, 6) is 0.235. The lowest BCUT2D eigenvalue weighted by Gasteiger charge is -2.31. The normalized spacial score (nSPS) is 12.9. The summed E-state index contributed by atoms with van der Waals surface area (Å²) in [6.07, 6.45) is 0.893. The minimum Gasteiger partial charge on any atom is -0.335 e. The first-order valence-corrected chi connectivity index (χ1v) is 10.8. The van der Waals surface area contributed by atoms with Crippen LogP contribution in [0.4, 0.5) is 5.69 Å². The van der Waals surface area contributed by atoms with E-state index in [-0.39, 0.29) is 28.9 Å². The zero-order valence-electron chi connectivity index (χ0n) is 17.1. The minimum atomic E-state index is -0.276. The monoisotopic (exact) mass is 398 g/mol. The number of amides is 2. The highest BCUT2D eigenvalue weighted by molar-refractivity contribution is 8.01. The van der Waals surface area contributed by atoms with Crippen molar-refractivity contribution in [2.75, 3.05) is 11.1 Å². The molecule has 0 aliphatic carbocycles. The van der Waals surface area contributed by atoms with Crippen LogP contribution in [-0.4, -0.2) is 33.8 Å². The second-order valence-corrected chi connectivity index (χ2v) is 8.41. The first-order valence-electron chi connectivity index (χ1n) is 9.73. The van der Waals surface area contributed by atoms with Gasteiger partial charge in [0.1, 0.15) is 0 Å². The van der Waals surface area contributed by atoms with E-state index in [2.05, 4.69) is 19.2 Å². The van der Waals surface area contributed by atoms with Crippen LogP contribution in [0.25, 0.3) is 0 Å². The van der Waals surface area contributed by atoms with E-state index in [1.807, 2.05) is 73.3 Å². The maximum absolute atomic E-state index is 13.0. The maximum Gasteiger partial charge on any atom is 0.235 e. The van der Waals surface area contributed by atoms with Crippen molar-refractivity contribution in [3.63, 3.8) is 0 Å². The molecule has 2 rings (SSSR count). The van der Waals surface area contributed by atoms with Crippen molar-refractivity contribution >= 4 is 29.3 Å². The fourth-order valence-electron chi connectivity index (χ4n) is 2.79. The van der Waals surface area contributed by atoms with Gasteiger partial charge in [0.2, 0.25) is 11.8 Å². The Morgan fingerprint density at radius 1 is 1.04 bits per heavy atom. The smallest absolute Gasteiger partial charge is 0.235 e. The fourth-order valence-corrected chi connectivity index (χ4v) is 3.54. The first kappa shape index (κ1) is 22.0. The number of rotatable bonds is 9. The Bertz CT molecular complexity index is 762. The Morgan fingerprint density at radius 2 is 1.68 bits per heavy atom. The fraction of sp³-hybridized carbons (Fsp3) is 0.391. The van der Waals surface area contributed by atoms with Crippen molar-refractivity contribution in [3.8, 4) is 0 Å². The number of benzene rings is 2. The van der Waals surface area contributed by atoms with Crippen molar-refractivity contribution in [2.45, 2.75) is 52.0 Å². The highest BCUT2D eigenvalue weighted by Gasteiger charge is 2.25. The predicted molar refractivity (Wildman–Crippen MR) is 118 cm³/mol. The molecule has 0 saturated carbocycles. The molecular formula is C23H30N2O2S. The molecule has 150 valence electrons. The third-order valence-electron chi connectivity index (χ3n) is 4.75. The standard InChI is InChI=1S/C23H30N2O2S/c1-5-18(3)25(15-20-9-7-6-8-10-20)23(27)19(4)28-16-22(26)24-21-13-11-17(2)12-14-21/h6-14,18-19H,5,15-16H2,1-4H3,(H,24,26)/t18-,19-/m0/s1. The molecule has 0 heterocycles. The molecule has 28 heavy (non-hydrogen) atoms.